The van der Waals surface area contributed by atoms with Crippen molar-refractivity contribution in [3.63, 3.8) is 0 Å². The minimum atomic E-state index is 0. The van der Waals surface area contributed by atoms with E-state index < -0.39 is 0 Å². The van der Waals surface area contributed by atoms with Crippen molar-refractivity contribution in [1.29, 1.82) is 15.8 Å². The number of hydrogen-bond acceptors (Lipinski definition) is 3. The zero-order valence-corrected chi connectivity index (χ0v) is 33.7. The quantitative estimate of drug-likeness (QED) is 0.242. The molecule has 2 N–H and O–H groups in total. The first-order valence-corrected chi connectivity index (χ1v) is 15.7. The number of nitriles is 2. The third-order valence-electron chi connectivity index (χ3n) is 2.00. The Kier molecular flexibility index (Phi) is 1530. The van der Waals surface area contributed by atoms with Gasteiger partial charge in [0.15, 0.2) is 0 Å². The SMILES string of the molecule is C1CCC1.C1CCC1.CC.CC.CC.CC.CC.CC.CC.CC.CC.CC.CC#N.CC#N.O.[C-]#N.[Co].[Co]. The largest absolute Gasteiger partial charge is 0.512 e. The average molecular weight is 657 g/mol. The maximum Gasteiger partial charge on any atom is 0.0587 e. The topological polar surface area (TPSA) is 103 Å². The fraction of sp³-hybridized carbons (Fsp3) is 0.909. The fourth-order valence-corrected chi connectivity index (χ4v) is 0.500. The predicted molar refractivity (Wildman–Crippen MR) is 182 cm³/mol. The van der Waals surface area contributed by atoms with Gasteiger partial charge in [-0.15, -0.1) is 0 Å². The van der Waals surface area contributed by atoms with Crippen molar-refractivity contribution in [2.24, 2.45) is 0 Å². The van der Waals surface area contributed by atoms with E-state index in [1.54, 1.807) is 12.1 Å². The number of nitrogens with zero attached hydrogens (tertiary/aromatic N) is 3. The van der Waals surface area contributed by atoms with E-state index in [1.807, 2.05) is 138 Å². The Morgan fingerprint density at radius 3 is 0.359 bits per heavy atom. The van der Waals surface area contributed by atoms with Crippen LogP contribution in [0.1, 0.15) is 204 Å². The average Bonchev–Trinajstić information content (AvgIpc) is 2.95. The van der Waals surface area contributed by atoms with Crippen molar-refractivity contribution < 1.29 is 39.0 Å². The van der Waals surface area contributed by atoms with Crippen LogP contribution in [0.25, 0.3) is 0 Å². The molecule has 0 aliphatic heterocycles. The maximum absolute atomic E-state index is 7.32. The summed E-state index contributed by atoms with van der Waals surface area (Å²) in [7, 11) is 0. The first-order valence-electron chi connectivity index (χ1n) is 15.7. The minimum absolute atomic E-state index is 0. The molecule has 2 rings (SSSR count). The third-order valence-corrected chi connectivity index (χ3v) is 2.00. The third kappa shape index (κ3) is 849. The Labute approximate surface area is 276 Å². The van der Waals surface area contributed by atoms with Gasteiger partial charge < -0.3 is 17.3 Å². The van der Waals surface area contributed by atoms with Crippen LogP contribution in [-0.2, 0) is 33.6 Å². The predicted octanol–water partition coefficient (Wildman–Crippen LogP) is 13.7. The Hall–Kier alpha value is -0.557. The summed E-state index contributed by atoms with van der Waals surface area (Å²) in [6.07, 6.45) is 12.0. The molecule has 0 unspecified atom stereocenters. The second-order valence-electron chi connectivity index (χ2n) is 3.28. The molecule has 0 aromatic heterocycles. The Morgan fingerprint density at radius 1 is 0.333 bits per heavy atom. The van der Waals surface area contributed by atoms with Crippen molar-refractivity contribution in [2.75, 3.05) is 0 Å². The van der Waals surface area contributed by atoms with E-state index in [1.165, 1.54) is 65.2 Å². The van der Waals surface area contributed by atoms with Gasteiger partial charge in [-0.05, 0) is 0 Å². The van der Waals surface area contributed by atoms with Crippen LogP contribution in [0.15, 0.2) is 0 Å². The molecule has 2 saturated carbocycles. The molecule has 256 valence electrons. The van der Waals surface area contributed by atoms with Crippen LogP contribution < -0.4 is 0 Å². The Bertz CT molecular complexity index is 181. The summed E-state index contributed by atoms with van der Waals surface area (Å²) >= 11 is 0. The molecule has 0 heterocycles. The van der Waals surface area contributed by atoms with Gasteiger partial charge in [-0.25, -0.2) is 0 Å². The van der Waals surface area contributed by atoms with Gasteiger partial charge in [0, 0.05) is 47.4 Å². The van der Waals surface area contributed by atoms with E-state index in [0.29, 0.717) is 0 Å². The second kappa shape index (κ2) is 558. The van der Waals surface area contributed by atoms with Crippen molar-refractivity contribution in [3.8, 4) is 12.1 Å². The molecule has 6 heteroatoms. The summed E-state index contributed by atoms with van der Waals surface area (Å²) in [6, 6.07) is 3.50. The van der Waals surface area contributed by atoms with E-state index in [2.05, 4.69) is 0 Å². The molecule has 2 aliphatic rings. The summed E-state index contributed by atoms with van der Waals surface area (Å²) in [5.74, 6) is 0. The molecule has 2 fully saturated rings. The van der Waals surface area contributed by atoms with Gasteiger partial charge >= 0.3 is 0 Å². The van der Waals surface area contributed by atoms with Crippen molar-refractivity contribution >= 4 is 0 Å². The summed E-state index contributed by atoms with van der Waals surface area (Å²) in [4.78, 5) is 0. The van der Waals surface area contributed by atoms with Crippen LogP contribution in [0.3, 0.4) is 0 Å². The number of rotatable bonds is 0. The van der Waals surface area contributed by atoms with Crippen molar-refractivity contribution in [3.05, 3.63) is 6.57 Å². The van der Waals surface area contributed by atoms with E-state index >= 15 is 0 Å². The fourth-order valence-electron chi connectivity index (χ4n) is 0.500. The molecule has 2 aliphatic carbocycles. The smallest absolute Gasteiger partial charge is 0.0587 e. The molecule has 39 heavy (non-hydrogen) atoms. The van der Waals surface area contributed by atoms with Gasteiger partial charge in [-0.1, -0.05) is 190 Å². The van der Waals surface area contributed by atoms with Crippen molar-refractivity contribution in [1.82, 2.24) is 0 Å². The van der Waals surface area contributed by atoms with Crippen LogP contribution in [-0.4, -0.2) is 5.48 Å². The normalized spacial score (nSPS) is 6.92. The monoisotopic (exact) mass is 657 g/mol. The molecular weight excluding hydrogens is 572 g/mol. The first kappa shape index (κ1) is 107. The maximum atomic E-state index is 7.32. The molecule has 4 nitrogen and oxygen atoms in total. The Balaban J connectivity index is -0.0000000105. The molecule has 0 aromatic carbocycles. The molecule has 0 atom stereocenters. The van der Waals surface area contributed by atoms with E-state index in [4.69, 9.17) is 22.4 Å². The van der Waals surface area contributed by atoms with E-state index in [-0.39, 0.29) is 39.0 Å². The molecule has 0 amide bonds. The second-order valence-corrected chi connectivity index (χ2v) is 3.28. The zero-order valence-electron chi connectivity index (χ0n) is 31.7. The summed E-state index contributed by atoms with van der Waals surface area (Å²) in [6.45, 7) is 47.6. The van der Waals surface area contributed by atoms with Gasteiger partial charge in [0.25, 0.3) is 0 Å². The van der Waals surface area contributed by atoms with Gasteiger partial charge in [0.1, 0.15) is 0 Å². The van der Waals surface area contributed by atoms with E-state index in [0.717, 1.165) is 0 Å². The molecule has 0 spiro atoms. The van der Waals surface area contributed by atoms with Crippen LogP contribution >= 0.6 is 0 Å². The van der Waals surface area contributed by atoms with Gasteiger partial charge in [0.2, 0.25) is 0 Å². The van der Waals surface area contributed by atoms with Crippen molar-refractivity contribution in [2.45, 2.75) is 204 Å². The molecule has 2 radical (unpaired) electrons. The van der Waals surface area contributed by atoms with Crippen LogP contribution in [0.5, 0.6) is 0 Å². The van der Waals surface area contributed by atoms with Crippen LogP contribution in [0.2, 0.25) is 0 Å². The van der Waals surface area contributed by atoms with E-state index in [9.17, 15) is 0 Å². The van der Waals surface area contributed by atoms with Crippen LogP contribution in [0, 0.1) is 34.5 Å². The number of hydrogen-bond donors (Lipinski definition) is 0. The Morgan fingerprint density at radius 2 is 0.359 bits per heavy atom. The van der Waals surface area contributed by atoms with Gasteiger partial charge in [-0.2, -0.15) is 10.5 Å². The molecule has 0 saturated heterocycles. The summed E-state index contributed by atoms with van der Waals surface area (Å²) in [5, 5.41) is 20.9. The van der Waals surface area contributed by atoms with Crippen LogP contribution in [0.4, 0.5) is 0 Å². The molecule has 0 bridgehead atoms. The zero-order chi connectivity index (χ0) is 33.1. The van der Waals surface area contributed by atoms with Gasteiger partial charge in [-0.3, -0.25) is 0 Å². The minimum Gasteiger partial charge on any atom is -0.512 e. The summed E-state index contributed by atoms with van der Waals surface area (Å²) < 4.78 is 0. The standard InChI is InChI=1S/2C4H8.2C2H3N.10C2H6.CN.2Co.H2O/c2*1-2-4-3-1;2*1-2-3;11*1-2;;;/h2*1-4H2;2*1H3;10*1-2H3;;;;1H2/q;;;;;;;;;;;;;;-1;;;. The van der Waals surface area contributed by atoms with Gasteiger partial charge in [0.05, 0.1) is 12.1 Å². The molecular formula is C33H84Co2N3O-. The summed E-state index contributed by atoms with van der Waals surface area (Å²) in [5.41, 5.74) is 0. The first-order chi connectivity index (χ1) is 17.8. The molecule has 0 aromatic rings.